The van der Waals surface area contributed by atoms with E-state index >= 15 is 0 Å². The monoisotopic (exact) mass is 500 g/mol. The summed E-state index contributed by atoms with van der Waals surface area (Å²) in [5, 5.41) is 23.6. The molecule has 4 aliphatic rings. The van der Waals surface area contributed by atoms with Crippen LogP contribution in [-0.4, -0.2) is 91.5 Å². The van der Waals surface area contributed by atoms with Crippen LogP contribution in [0.5, 0.6) is 11.5 Å². The Hall–Kier alpha value is -2.95. The van der Waals surface area contributed by atoms with Gasteiger partial charge in [0.25, 0.3) is 0 Å². The number of aldehydes is 1. The number of carbonyl (C=O) groups is 3. The van der Waals surface area contributed by atoms with Crippen LogP contribution in [0.4, 0.5) is 0 Å². The molecule has 2 aliphatic heterocycles. The zero-order chi connectivity index (χ0) is 25.4. The van der Waals surface area contributed by atoms with Gasteiger partial charge in [-0.3, -0.25) is 14.4 Å². The zero-order valence-electron chi connectivity index (χ0n) is 20.2. The lowest BCUT2D eigenvalue weighted by Crippen LogP contribution is -2.57. The summed E-state index contributed by atoms with van der Waals surface area (Å²) in [6.45, 7) is 1.17. The van der Waals surface area contributed by atoms with Crippen molar-refractivity contribution in [3.8, 4) is 11.5 Å². The summed E-state index contributed by atoms with van der Waals surface area (Å²) in [6.07, 6.45) is 3.01. The first-order valence-electron chi connectivity index (χ1n) is 12.5. The van der Waals surface area contributed by atoms with Gasteiger partial charge in [0.15, 0.2) is 11.5 Å². The average molecular weight is 501 g/mol. The van der Waals surface area contributed by atoms with E-state index in [2.05, 4.69) is 5.32 Å². The topological polar surface area (TPSA) is 135 Å². The number of ether oxygens (including phenoxy) is 3. The summed E-state index contributed by atoms with van der Waals surface area (Å²) in [7, 11) is 1.46. The number of methoxy groups -OCH3 is 1. The molecule has 0 spiro atoms. The van der Waals surface area contributed by atoms with E-state index in [9.17, 15) is 24.6 Å². The second-order valence-corrected chi connectivity index (χ2v) is 9.90. The highest BCUT2D eigenvalue weighted by molar-refractivity contribution is 5.96. The highest BCUT2D eigenvalue weighted by atomic mass is 16.5. The van der Waals surface area contributed by atoms with Gasteiger partial charge in [0.1, 0.15) is 18.5 Å². The van der Waals surface area contributed by atoms with Gasteiger partial charge in [-0.15, -0.1) is 0 Å². The molecule has 194 valence electrons. The maximum atomic E-state index is 13.6. The van der Waals surface area contributed by atoms with Crippen LogP contribution in [0.1, 0.15) is 41.1 Å². The number of hydrogen-bond donors (Lipinski definition) is 3. The van der Waals surface area contributed by atoms with Crippen LogP contribution in [0, 0.1) is 11.8 Å². The number of benzene rings is 1. The largest absolute Gasteiger partial charge is 0.493 e. The minimum absolute atomic E-state index is 0.0519. The summed E-state index contributed by atoms with van der Waals surface area (Å²) in [5.41, 5.74) is 1.24. The highest BCUT2D eigenvalue weighted by Gasteiger charge is 2.52. The van der Waals surface area contributed by atoms with Gasteiger partial charge >= 0.3 is 0 Å². The molecule has 36 heavy (non-hydrogen) atoms. The molecule has 5 atom stereocenters. The van der Waals surface area contributed by atoms with Crippen molar-refractivity contribution >= 4 is 18.1 Å². The van der Waals surface area contributed by atoms with Gasteiger partial charge in [-0.2, -0.15) is 0 Å². The summed E-state index contributed by atoms with van der Waals surface area (Å²) in [5.74, 6) is -0.425. The van der Waals surface area contributed by atoms with Crippen molar-refractivity contribution in [2.24, 2.45) is 11.8 Å². The molecule has 2 fully saturated rings. The predicted molar refractivity (Wildman–Crippen MR) is 127 cm³/mol. The van der Waals surface area contributed by atoms with Crippen LogP contribution in [0.25, 0.3) is 0 Å². The van der Waals surface area contributed by atoms with Crippen molar-refractivity contribution in [3.05, 3.63) is 34.9 Å². The number of carbonyl (C=O) groups excluding carboxylic acids is 3. The molecule has 0 aromatic heterocycles. The third-order valence-electron chi connectivity index (χ3n) is 7.48. The third kappa shape index (κ3) is 4.49. The molecule has 1 aromatic rings. The third-order valence-corrected chi connectivity index (χ3v) is 7.48. The van der Waals surface area contributed by atoms with Gasteiger partial charge in [-0.05, 0) is 43.4 Å². The molecule has 10 nitrogen and oxygen atoms in total. The van der Waals surface area contributed by atoms with Gasteiger partial charge in [0, 0.05) is 36.4 Å². The Morgan fingerprint density at radius 1 is 1.28 bits per heavy atom. The van der Waals surface area contributed by atoms with E-state index in [1.807, 2.05) is 0 Å². The summed E-state index contributed by atoms with van der Waals surface area (Å²) in [6, 6.07) is 2.41. The molecule has 1 aromatic carbocycles. The van der Waals surface area contributed by atoms with E-state index in [0.717, 1.165) is 12.8 Å². The molecular formula is C26H32N2O8. The standard InChI is InChI=1S/C26H32N2O8/c1-34-20-9-15(12-30)8-17-21-18(25(32)27-5-6-29)10-19(22(31)24(21)36-23(17)20)28(11-14-2-3-14)26(33)16-4-7-35-13-16/h8-10,12,14,16,19,21-22,24,29,31H,2-7,11,13H2,1H3,(H,27,32). The van der Waals surface area contributed by atoms with Crippen molar-refractivity contribution in [1.82, 2.24) is 10.2 Å². The van der Waals surface area contributed by atoms with Crippen molar-refractivity contribution in [2.45, 2.75) is 43.4 Å². The van der Waals surface area contributed by atoms with E-state index in [0.29, 0.717) is 66.6 Å². The molecular weight excluding hydrogens is 468 g/mol. The lowest BCUT2D eigenvalue weighted by atomic mass is 9.77. The van der Waals surface area contributed by atoms with E-state index in [-0.39, 0.29) is 25.0 Å². The second kappa shape index (κ2) is 10.2. The van der Waals surface area contributed by atoms with E-state index in [1.165, 1.54) is 7.11 Å². The molecule has 10 heteroatoms. The molecule has 0 bridgehead atoms. The summed E-state index contributed by atoms with van der Waals surface area (Å²) in [4.78, 5) is 40.1. The Kier molecular flexibility index (Phi) is 7.00. The highest BCUT2D eigenvalue weighted by Crippen LogP contribution is 2.51. The Labute approximate surface area is 209 Å². The zero-order valence-corrected chi connectivity index (χ0v) is 20.2. The van der Waals surface area contributed by atoms with Crippen LogP contribution in [0.2, 0.25) is 0 Å². The molecule has 5 unspecified atom stereocenters. The van der Waals surface area contributed by atoms with Gasteiger partial charge in [0.2, 0.25) is 11.8 Å². The molecule has 2 amide bonds. The van der Waals surface area contributed by atoms with Crippen molar-refractivity contribution in [2.75, 3.05) is 40.0 Å². The first kappa shape index (κ1) is 24.7. The predicted octanol–water partition coefficient (Wildman–Crippen LogP) is 0.405. The van der Waals surface area contributed by atoms with Crippen LogP contribution in [-0.2, 0) is 14.3 Å². The number of aliphatic hydroxyl groups excluding tert-OH is 2. The average Bonchev–Trinajstić information content (AvgIpc) is 3.38. The minimum Gasteiger partial charge on any atom is -0.493 e. The SMILES string of the molecule is COc1cc(C=O)cc2c1OC1C2C(C(=O)NCCO)=CC(N(CC2CC2)C(=O)C2CCOC2)C1O. The van der Waals surface area contributed by atoms with E-state index < -0.39 is 30.1 Å². The van der Waals surface area contributed by atoms with Crippen molar-refractivity contribution in [1.29, 1.82) is 0 Å². The van der Waals surface area contributed by atoms with Crippen LogP contribution < -0.4 is 14.8 Å². The van der Waals surface area contributed by atoms with Crippen LogP contribution in [0.3, 0.4) is 0 Å². The fourth-order valence-corrected chi connectivity index (χ4v) is 5.46. The van der Waals surface area contributed by atoms with Gasteiger partial charge in [-0.25, -0.2) is 0 Å². The van der Waals surface area contributed by atoms with Crippen molar-refractivity contribution < 1.29 is 38.8 Å². The molecule has 3 N–H and O–H groups in total. The smallest absolute Gasteiger partial charge is 0.247 e. The van der Waals surface area contributed by atoms with Gasteiger partial charge in [0.05, 0.1) is 38.2 Å². The Morgan fingerprint density at radius 2 is 2.08 bits per heavy atom. The molecule has 0 radical (unpaired) electrons. The lowest BCUT2D eigenvalue weighted by Gasteiger charge is -2.41. The van der Waals surface area contributed by atoms with Crippen molar-refractivity contribution in [3.63, 3.8) is 0 Å². The number of amides is 2. The molecule has 1 saturated heterocycles. The first-order chi connectivity index (χ1) is 17.5. The number of nitrogens with zero attached hydrogens (tertiary/aromatic N) is 1. The van der Waals surface area contributed by atoms with E-state index in [4.69, 9.17) is 14.2 Å². The Balaban J connectivity index is 1.57. The number of hydrogen-bond acceptors (Lipinski definition) is 8. The molecule has 2 heterocycles. The van der Waals surface area contributed by atoms with Crippen LogP contribution in [0.15, 0.2) is 23.8 Å². The maximum absolute atomic E-state index is 13.6. The summed E-state index contributed by atoms with van der Waals surface area (Å²) < 4.78 is 17.1. The molecule has 5 rings (SSSR count). The van der Waals surface area contributed by atoms with E-state index in [1.54, 1.807) is 23.1 Å². The number of fused-ring (bicyclic) bond motifs is 3. The number of aliphatic hydroxyl groups is 2. The maximum Gasteiger partial charge on any atom is 0.247 e. The fraction of sp³-hybridized carbons (Fsp3) is 0.577. The Morgan fingerprint density at radius 3 is 2.72 bits per heavy atom. The number of nitrogens with one attached hydrogen (secondary N) is 1. The minimum atomic E-state index is -1.12. The second-order valence-electron chi connectivity index (χ2n) is 9.90. The fourth-order valence-electron chi connectivity index (χ4n) is 5.46. The first-order valence-corrected chi connectivity index (χ1v) is 12.5. The Bertz CT molecular complexity index is 1060. The van der Waals surface area contributed by atoms with Crippen LogP contribution >= 0.6 is 0 Å². The van der Waals surface area contributed by atoms with Gasteiger partial charge < -0.3 is 34.6 Å². The quantitative estimate of drug-likeness (QED) is 0.415. The van der Waals surface area contributed by atoms with Gasteiger partial charge in [-0.1, -0.05) is 0 Å². The molecule has 1 saturated carbocycles. The normalized spacial score (nSPS) is 28.4. The number of rotatable bonds is 9. The molecule has 2 aliphatic carbocycles. The summed E-state index contributed by atoms with van der Waals surface area (Å²) >= 11 is 0. The lowest BCUT2D eigenvalue weighted by molar-refractivity contribution is -0.141.